The highest BCUT2D eigenvalue weighted by atomic mass is 32.2. The van der Waals surface area contributed by atoms with Crippen LogP contribution in [0.1, 0.15) is 23.7 Å². The Bertz CT molecular complexity index is 700. The SMILES string of the molecule is CCS(=O)(=O)c1ccccc1C(=O)NC(CC(F)(F)F)C(=O)O. The monoisotopic (exact) mass is 353 g/mol. The molecule has 6 nitrogen and oxygen atoms in total. The third-order valence-corrected chi connectivity index (χ3v) is 4.67. The summed E-state index contributed by atoms with van der Waals surface area (Å²) >= 11 is 0. The molecule has 0 radical (unpaired) electrons. The van der Waals surface area contributed by atoms with Gasteiger partial charge < -0.3 is 10.4 Å². The fourth-order valence-electron chi connectivity index (χ4n) is 1.75. The van der Waals surface area contributed by atoms with Crippen LogP contribution in [0.15, 0.2) is 29.2 Å². The van der Waals surface area contributed by atoms with E-state index in [1.807, 2.05) is 0 Å². The molecule has 1 aromatic rings. The molecule has 0 heterocycles. The second-order valence-electron chi connectivity index (χ2n) is 4.58. The fraction of sp³-hybridized carbons (Fsp3) is 0.385. The van der Waals surface area contributed by atoms with E-state index in [0.717, 1.165) is 12.1 Å². The molecule has 23 heavy (non-hydrogen) atoms. The van der Waals surface area contributed by atoms with Crippen molar-refractivity contribution >= 4 is 21.7 Å². The molecule has 1 aromatic carbocycles. The van der Waals surface area contributed by atoms with Gasteiger partial charge in [-0.1, -0.05) is 19.1 Å². The van der Waals surface area contributed by atoms with Crippen molar-refractivity contribution in [2.75, 3.05) is 5.75 Å². The first-order valence-corrected chi connectivity index (χ1v) is 8.05. The summed E-state index contributed by atoms with van der Waals surface area (Å²) < 4.78 is 60.8. The van der Waals surface area contributed by atoms with Crippen LogP contribution in [-0.2, 0) is 14.6 Å². The summed E-state index contributed by atoms with van der Waals surface area (Å²) in [4.78, 5) is 22.5. The Morgan fingerprint density at radius 2 is 1.83 bits per heavy atom. The zero-order valence-electron chi connectivity index (χ0n) is 11.9. The average molecular weight is 353 g/mol. The van der Waals surface area contributed by atoms with Gasteiger partial charge in [0.15, 0.2) is 9.84 Å². The van der Waals surface area contributed by atoms with E-state index in [0.29, 0.717) is 0 Å². The zero-order chi connectivity index (χ0) is 17.8. The number of halogens is 3. The third-order valence-electron chi connectivity index (χ3n) is 2.89. The first-order chi connectivity index (χ1) is 10.5. The maximum Gasteiger partial charge on any atom is 0.391 e. The van der Waals surface area contributed by atoms with Gasteiger partial charge >= 0.3 is 12.1 Å². The van der Waals surface area contributed by atoms with Crippen LogP contribution < -0.4 is 5.32 Å². The highest BCUT2D eigenvalue weighted by Crippen LogP contribution is 2.22. The lowest BCUT2D eigenvalue weighted by Gasteiger charge is -2.17. The van der Waals surface area contributed by atoms with Crippen molar-refractivity contribution in [3.63, 3.8) is 0 Å². The second kappa shape index (κ2) is 6.99. The molecule has 2 N–H and O–H groups in total. The van der Waals surface area contributed by atoms with Gasteiger partial charge in [0.1, 0.15) is 6.04 Å². The lowest BCUT2D eigenvalue weighted by Crippen LogP contribution is -2.44. The van der Waals surface area contributed by atoms with E-state index in [-0.39, 0.29) is 10.6 Å². The number of hydrogen-bond acceptors (Lipinski definition) is 4. The van der Waals surface area contributed by atoms with Crippen LogP contribution in [0.4, 0.5) is 13.2 Å². The van der Waals surface area contributed by atoms with E-state index in [4.69, 9.17) is 5.11 Å². The van der Waals surface area contributed by atoms with Gasteiger partial charge in [0.2, 0.25) is 0 Å². The number of benzene rings is 1. The standard InChI is InChI=1S/C13H14F3NO5S/c1-2-23(21,22)10-6-4-3-5-8(10)11(18)17-9(12(19)20)7-13(14,15)16/h3-6,9H,2,7H2,1H3,(H,17,18)(H,19,20). The Labute approximate surface area is 130 Å². The smallest absolute Gasteiger partial charge is 0.391 e. The summed E-state index contributed by atoms with van der Waals surface area (Å²) in [6.45, 7) is 1.34. The van der Waals surface area contributed by atoms with E-state index in [2.05, 4.69) is 0 Å². The molecule has 1 atom stereocenters. The van der Waals surface area contributed by atoms with Gasteiger partial charge in [-0.15, -0.1) is 0 Å². The number of carboxylic acids is 1. The van der Waals surface area contributed by atoms with Crippen molar-refractivity contribution in [1.82, 2.24) is 5.32 Å². The van der Waals surface area contributed by atoms with Gasteiger partial charge in [-0.05, 0) is 12.1 Å². The third kappa shape index (κ3) is 5.23. The summed E-state index contributed by atoms with van der Waals surface area (Å²) in [5.74, 6) is -3.39. The second-order valence-corrected chi connectivity index (χ2v) is 6.83. The van der Waals surface area contributed by atoms with Crippen LogP contribution in [0.5, 0.6) is 0 Å². The molecule has 1 unspecified atom stereocenters. The first-order valence-electron chi connectivity index (χ1n) is 6.40. The topological polar surface area (TPSA) is 101 Å². The fourth-order valence-corrected chi connectivity index (χ4v) is 2.84. The van der Waals surface area contributed by atoms with Crippen molar-refractivity contribution < 1.29 is 36.3 Å². The van der Waals surface area contributed by atoms with Crippen molar-refractivity contribution in [3.05, 3.63) is 29.8 Å². The maximum atomic E-state index is 12.3. The number of sulfone groups is 1. The lowest BCUT2D eigenvalue weighted by atomic mass is 10.1. The largest absolute Gasteiger partial charge is 0.480 e. The Kier molecular flexibility index (Phi) is 5.75. The Morgan fingerprint density at radius 3 is 2.30 bits per heavy atom. The van der Waals surface area contributed by atoms with Crippen LogP contribution in [0.3, 0.4) is 0 Å². The number of carboxylic acid groups (broad SMARTS) is 1. The number of nitrogens with one attached hydrogen (secondary N) is 1. The Morgan fingerprint density at radius 1 is 1.26 bits per heavy atom. The molecule has 128 valence electrons. The van der Waals surface area contributed by atoms with Gasteiger partial charge in [-0.3, -0.25) is 4.79 Å². The van der Waals surface area contributed by atoms with E-state index in [1.54, 1.807) is 5.32 Å². The Hall–Kier alpha value is -2.10. The lowest BCUT2D eigenvalue weighted by molar-refractivity contribution is -0.157. The number of carbonyl (C=O) groups is 2. The van der Waals surface area contributed by atoms with Crippen molar-refractivity contribution in [2.45, 2.75) is 30.5 Å². The molecular formula is C13H14F3NO5S. The summed E-state index contributed by atoms with van der Waals surface area (Å²) in [5, 5.41) is 10.5. The molecule has 0 aliphatic rings. The predicted molar refractivity (Wildman–Crippen MR) is 73.7 cm³/mol. The summed E-state index contributed by atoms with van der Waals surface area (Å²) in [5.41, 5.74) is -0.400. The van der Waals surface area contributed by atoms with Crippen LogP contribution in [0.2, 0.25) is 0 Å². The zero-order valence-corrected chi connectivity index (χ0v) is 12.7. The molecule has 0 aliphatic carbocycles. The van der Waals surface area contributed by atoms with Crippen LogP contribution >= 0.6 is 0 Å². The van der Waals surface area contributed by atoms with Crippen molar-refractivity contribution in [1.29, 1.82) is 0 Å². The van der Waals surface area contributed by atoms with E-state index < -0.39 is 45.9 Å². The summed E-state index contributed by atoms with van der Waals surface area (Å²) in [7, 11) is -3.80. The van der Waals surface area contributed by atoms with Crippen LogP contribution in [0, 0.1) is 0 Å². The van der Waals surface area contributed by atoms with Gasteiger partial charge in [0, 0.05) is 0 Å². The number of carbonyl (C=O) groups excluding carboxylic acids is 1. The number of hydrogen-bond donors (Lipinski definition) is 2. The van der Waals surface area contributed by atoms with Gasteiger partial charge in [0.05, 0.1) is 22.6 Å². The van der Waals surface area contributed by atoms with E-state index >= 15 is 0 Å². The first kappa shape index (κ1) is 18.9. The number of amides is 1. The number of rotatable bonds is 6. The van der Waals surface area contributed by atoms with E-state index in [1.165, 1.54) is 19.1 Å². The molecule has 0 aliphatic heterocycles. The molecule has 1 rings (SSSR count). The molecule has 1 amide bonds. The molecular weight excluding hydrogens is 339 g/mol. The predicted octanol–water partition coefficient (Wildman–Crippen LogP) is 1.62. The normalized spacial score (nSPS) is 13.4. The molecule has 0 bridgehead atoms. The van der Waals surface area contributed by atoms with Crippen LogP contribution in [0.25, 0.3) is 0 Å². The average Bonchev–Trinajstić information content (AvgIpc) is 2.45. The molecule has 0 fully saturated rings. The van der Waals surface area contributed by atoms with Crippen molar-refractivity contribution in [2.24, 2.45) is 0 Å². The molecule has 0 aromatic heterocycles. The van der Waals surface area contributed by atoms with Crippen LogP contribution in [-0.4, -0.2) is 43.4 Å². The van der Waals surface area contributed by atoms with Crippen molar-refractivity contribution in [3.8, 4) is 0 Å². The van der Waals surface area contributed by atoms with Gasteiger partial charge in [0.25, 0.3) is 5.91 Å². The molecule has 0 spiro atoms. The maximum absolute atomic E-state index is 12.3. The molecule has 0 saturated heterocycles. The minimum absolute atomic E-state index is 0.317. The minimum Gasteiger partial charge on any atom is -0.480 e. The highest BCUT2D eigenvalue weighted by molar-refractivity contribution is 7.91. The Balaban J connectivity index is 3.13. The van der Waals surface area contributed by atoms with E-state index in [9.17, 15) is 31.2 Å². The summed E-state index contributed by atoms with van der Waals surface area (Å²) in [6, 6.07) is 2.70. The molecule has 10 heteroatoms. The highest BCUT2D eigenvalue weighted by Gasteiger charge is 2.36. The quantitative estimate of drug-likeness (QED) is 0.809. The van der Waals surface area contributed by atoms with Gasteiger partial charge in [-0.2, -0.15) is 13.2 Å². The number of aliphatic carboxylic acids is 1. The number of alkyl halides is 3. The van der Waals surface area contributed by atoms with Gasteiger partial charge in [-0.25, -0.2) is 13.2 Å². The summed E-state index contributed by atoms with van der Waals surface area (Å²) in [6.07, 6.45) is -6.57. The molecule has 0 saturated carbocycles. The minimum atomic E-state index is -4.80.